The van der Waals surface area contributed by atoms with Crippen LogP contribution in [0.25, 0.3) is 0 Å². The molecule has 0 heterocycles. The van der Waals surface area contributed by atoms with Gasteiger partial charge < -0.3 is 4.74 Å². The average molecular weight is 282 g/mol. The third-order valence-corrected chi connectivity index (χ3v) is 3.92. The largest absolute Gasteiger partial charge is 0.496 e. The molecule has 1 atom stereocenters. The van der Waals surface area contributed by atoms with Crippen LogP contribution in [-0.4, -0.2) is 31.1 Å². The third-order valence-electron chi connectivity index (χ3n) is 3.92. The standard InChI is InChI=1S/C16H23NO.ClH/c1-4-11-17(5-2)14-10-9-13-7-6-8-16(18-3)15(13)12-14;/h4,6-8,14H,1,5,9-12H2,2-3H3;1H. The minimum atomic E-state index is 0. The number of methoxy groups -OCH3 is 1. The van der Waals surface area contributed by atoms with Crippen molar-refractivity contribution in [2.24, 2.45) is 0 Å². The first kappa shape index (κ1) is 16.1. The lowest BCUT2D eigenvalue weighted by molar-refractivity contribution is 0.207. The molecule has 0 saturated heterocycles. The lowest BCUT2D eigenvalue weighted by Gasteiger charge is -2.34. The van der Waals surface area contributed by atoms with Gasteiger partial charge >= 0.3 is 0 Å². The van der Waals surface area contributed by atoms with E-state index in [0.717, 1.165) is 31.7 Å². The Morgan fingerprint density at radius 2 is 2.26 bits per heavy atom. The molecular weight excluding hydrogens is 258 g/mol. The zero-order valence-electron chi connectivity index (χ0n) is 11.9. The zero-order chi connectivity index (χ0) is 13.0. The van der Waals surface area contributed by atoms with Crippen LogP contribution in [0.15, 0.2) is 30.9 Å². The first-order valence-corrected chi connectivity index (χ1v) is 6.79. The molecule has 106 valence electrons. The zero-order valence-corrected chi connectivity index (χ0v) is 12.7. The van der Waals surface area contributed by atoms with Crippen LogP contribution in [0.5, 0.6) is 5.75 Å². The summed E-state index contributed by atoms with van der Waals surface area (Å²) in [6.45, 7) is 8.14. The topological polar surface area (TPSA) is 12.5 Å². The maximum Gasteiger partial charge on any atom is 0.122 e. The summed E-state index contributed by atoms with van der Waals surface area (Å²) in [5.74, 6) is 1.05. The normalized spacial score (nSPS) is 17.5. The van der Waals surface area contributed by atoms with Gasteiger partial charge in [-0.1, -0.05) is 25.1 Å². The van der Waals surface area contributed by atoms with Crippen LogP contribution < -0.4 is 4.74 Å². The van der Waals surface area contributed by atoms with Gasteiger partial charge in [-0.05, 0) is 43.0 Å². The quantitative estimate of drug-likeness (QED) is 0.766. The van der Waals surface area contributed by atoms with Gasteiger partial charge in [0.05, 0.1) is 7.11 Å². The van der Waals surface area contributed by atoms with Gasteiger partial charge in [0.1, 0.15) is 5.75 Å². The van der Waals surface area contributed by atoms with E-state index in [9.17, 15) is 0 Å². The second-order valence-electron chi connectivity index (χ2n) is 4.87. The molecule has 0 N–H and O–H groups in total. The Morgan fingerprint density at radius 3 is 2.89 bits per heavy atom. The number of fused-ring (bicyclic) bond motifs is 1. The SMILES string of the molecule is C=CCN(CC)C1CCc2cccc(OC)c2C1.Cl. The average Bonchev–Trinajstić information content (AvgIpc) is 2.43. The summed E-state index contributed by atoms with van der Waals surface area (Å²) >= 11 is 0. The Hall–Kier alpha value is -0.990. The van der Waals surface area contributed by atoms with Gasteiger partial charge in [0.25, 0.3) is 0 Å². The summed E-state index contributed by atoms with van der Waals surface area (Å²) in [5.41, 5.74) is 2.86. The number of benzene rings is 1. The second-order valence-corrected chi connectivity index (χ2v) is 4.87. The molecule has 0 saturated carbocycles. The number of aryl methyl sites for hydroxylation is 1. The molecule has 0 bridgehead atoms. The van der Waals surface area contributed by atoms with Crippen LogP contribution in [0.3, 0.4) is 0 Å². The fraction of sp³-hybridized carbons (Fsp3) is 0.500. The molecular formula is C16H24ClNO. The monoisotopic (exact) mass is 281 g/mol. The van der Waals surface area contributed by atoms with Crippen molar-refractivity contribution < 1.29 is 4.74 Å². The number of hydrogen-bond acceptors (Lipinski definition) is 2. The second kappa shape index (κ2) is 7.56. The van der Waals surface area contributed by atoms with E-state index in [4.69, 9.17) is 4.74 Å². The van der Waals surface area contributed by atoms with E-state index in [-0.39, 0.29) is 12.4 Å². The number of likely N-dealkylation sites (N-methyl/N-ethyl adjacent to an activating group) is 1. The first-order chi connectivity index (χ1) is 8.80. The summed E-state index contributed by atoms with van der Waals surface area (Å²) in [7, 11) is 1.76. The van der Waals surface area contributed by atoms with Crippen molar-refractivity contribution in [1.82, 2.24) is 4.90 Å². The van der Waals surface area contributed by atoms with Crippen LogP contribution in [-0.2, 0) is 12.8 Å². The summed E-state index contributed by atoms with van der Waals surface area (Å²) in [6, 6.07) is 7.03. The summed E-state index contributed by atoms with van der Waals surface area (Å²) in [5, 5.41) is 0. The molecule has 1 aliphatic carbocycles. The van der Waals surface area contributed by atoms with Crippen LogP contribution in [0.2, 0.25) is 0 Å². The summed E-state index contributed by atoms with van der Waals surface area (Å²) in [6.07, 6.45) is 5.49. The van der Waals surface area contributed by atoms with Gasteiger partial charge in [-0.25, -0.2) is 0 Å². The minimum absolute atomic E-state index is 0. The number of hydrogen-bond donors (Lipinski definition) is 0. The van der Waals surface area contributed by atoms with Gasteiger partial charge in [-0.3, -0.25) is 4.90 Å². The Balaban J connectivity index is 0.00000180. The van der Waals surface area contributed by atoms with E-state index in [1.54, 1.807) is 7.11 Å². The third kappa shape index (κ3) is 3.52. The first-order valence-electron chi connectivity index (χ1n) is 6.79. The van der Waals surface area contributed by atoms with Crippen LogP contribution >= 0.6 is 12.4 Å². The van der Waals surface area contributed by atoms with Crippen molar-refractivity contribution in [1.29, 1.82) is 0 Å². The summed E-state index contributed by atoms with van der Waals surface area (Å²) in [4.78, 5) is 2.50. The highest BCUT2D eigenvalue weighted by molar-refractivity contribution is 5.85. The van der Waals surface area contributed by atoms with Gasteiger partial charge in [-0.15, -0.1) is 19.0 Å². The lowest BCUT2D eigenvalue weighted by atomic mass is 9.87. The molecule has 1 aromatic rings. The van der Waals surface area contributed by atoms with Crippen molar-refractivity contribution in [3.05, 3.63) is 42.0 Å². The van der Waals surface area contributed by atoms with E-state index in [0.29, 0.717) is 6.04 Å². The lowest BCUT2D eigenvalue weighted by Crippen LogP contribution is -2.39. The highest BCUT2D eigenvalue weighted by Gasteiger charge is 2.24. The van der Waals surface area contributed by atoms with Crippen LogP contribution in [0.1, 0.15) is 24.5 Å². The molecule has 0 radical (unpaired) electrons. The predicted octanol–water partition coefficient (Wildman–Crippen LogP) is 3.48. The predicted molar refractivity (Wildman–Crippen MR) is 83.5 cm³/mol. The highest BCUT2D eigenvalue weighted by atomic mass is 35.5. The van der Waals surface area contributed by atoms with E-state index in [1.807, 2.05) is 6.08 Å². The molecule has 1 unspecified atom stereocenters. The number of nitrogens with zero attached hydrogens (tertiary/aromatic N) is 1. The Morgan fingerprint density at radius 1 is 1.47 bits per heavy atom. The van der Waals surface area contributed by atoms with Gasteiger partial charge in [0, 0.05) is 12.6 Å². The van der Waals surface area contributed by atoms with E-state index >= 15 is 0 Å². The van der Waals surface area contributed by atoms with Crippen molar-refractivity contribution >= 4 is 12.4 Å². The molecule has 2 nitrogen and oxygen atoms in total. The maximum absolute atomic E-state index is 5.50. The molecule has 2 rings (SSSR count). The molecule has 19 heavy (non-hydrogen) atoms. The molecule has 0 fully saturated rings. The van der Waals surface area contributed by atoms with Crippen molar-refractivity contribution in [2.45, 2.75) is 32.2 Å². The number of halogens is 1. The van der Waals surface area contributed by atoms with Crippen molar-refractivity contribution in [3.8, 4) is 5.75 Å². The maximum atomic E-state index is 5.50. The van der Waals surface area contributed by atoms with Crippen LogP contribution in [0, 0.1) is 0 Å². The Kier molecular flexibility index (Phi) is 6.40. The molecule has 3 heteroatoms. The molecule has 0 aliphatic heterocycles. The minimum Gasteiger partial charge on any atom is -0.496 e. The van der Waals surface area contributed by atoms with Gasteiger partial charge in [-0.2, -0.15) is 0 Å². The highest BCUT2D eigenvalue weighted by Crippen LogP contribution is 2.31. The molecule has 0 aromatic heterocycles. The van der Waals surface area contributed by atoms with Crippen LogP contribution in [0.4, 0.5) is 0 Å². The molecule has 1 aromatic carbocycles. The molecule has 0 spiro atoms. The van der Waals surface area contributed by atoms with Crippen molar-refractivity contribution in [3.63, 3.8) is 0 Å². The van der Waals surface area contributed by atoms with E-state index in [2.05, 4.69) is 36.6 Å². The number of ether oxygens (including phenoxy) is 1. The molecule has 1 aliphatic rings. The Bertz CT molecular complexity index is 405. The fourth-order valence-electron chi connectivity index (χ4n) is 2.94. The van der Waals surface area contributed by atoms with E-state index in [1.165, 1.54) is 17.5 Å². The van der Waals surface area contributed by atoms with Gasteiger partial charge in [0.15, 0.2) is 0 Å². The number of rotatable bonds is 5. The smallest absolute Gasteiger partial charge is 0.122 e. The fourth-order valence-corrected chi connectivity index (χ4v) is 2.94. The van der Waals surface area contributed by atoms with Gasteiger partial charge in [0.2, 0.25) is 0 Å². The van der Waals surface area contributed by atoms with E-state index < -0.39 is 0 Å². The Labute approximate surface area is 122 Å². The summed E-state index contributed by atoms with van der Waals surface area (Å²) < 4.78 is 5.50. The molecule has 0 amide bonds. The van der Waals surface area contributed by atoms with Crippen molar-refractivity contribution in [2.75, 3.05) is 20.2 Å².